The summed E-state index contributed by atoms with van der Waals surface area (Å²) in [5.41, 5.74) is 1.27. The Morgan fingerprint density at radius 1 is 1.17 bits per heavy atom. The van der Waals surface area contributed by atoms with E-state index >= 15 is 0 Å². The van der Waals surface area contributed by atoms with E-state index in [9.17, 15) is 9.59 Å². The molecule has 0 bridgehead atoms. The van der Waals surface area contributed by atoms with Gasteiger partial charge in [0.15, 0.2) is 5.43 Å². The van der Waals surface area contributed by atoms with Crippen molar-refractivity contribution in [1.29, 1.82) is 0 Å². The van der Waals surface area contributed by atoms with Crippen molar-refractivity contribution in [2.75, 3.05) is 6.54 Å². The molecule has 4 heteroatoms. The molecule has 4 nitrogen and oxygen atoms in total. The van der Waals surface area contributed by atoms with Crippen LogP contribution in [0.4, 0.5) is 0 Å². The quantitative estimate of drug-likeness (QED) is 0.850. The first-order valence-electron chi connectivity index (χ1n) is 5.76. The molecule has 0 unspecified atom stereocenters. The molecule has 2 aromatic rings. The van der Waals surface area contributed by atoms with Crippen LogP contribution in [0.1, 0.15) is 16.1 Å². The second kappa shape index (κ2) is 5.82. The van der Waals surface area contributed by atoms with Crippen LogP contribution >= 0.6 is 0 Å². The summed E-state index contributed by atoms with van der Waals surface area (Å²) in [6.07, 6.45) is 2.23. The van der Waals surface area contributed by atoms with Gasteiger partial charge in [0.2, 0.25) is 0 Å². The summed E-state index contributed by atoms with van der Waals surface area (Å²) in [7, 11) is 0. The van der Waals surface area contributed by atoms with Crippen molar-refractivity contribution in [1.82, 2.24) is 10.3 Å². The number of carbonyl (C=O) groups excluding carboxylic acids is 1. The lowest BCUT2D eigenvalue weighted by Crippen LogP contribution is -2.27. The van der Waals surface area contributed by atoms with E-state index in [2.05, 4.69) is 10.3 Å². The van der Waals surface area contributed by atoms with Crippen molar-refractivity contribution >= 4 is 5.91 Å². The third-order valence-electron chi connectivity index (χ3n) is 2.56. The van der Waals surface area contributed by atoms with Gasteiger partial charge in [0.05, 0.1) is 0 Å². The molecule has 2 rings (SSSR count). The van der Waals surface area contributed by atoms with Crippen LogP contribution in [-0.2, 0) is 6.42 Å². The summed E-state index contributed by atoms with van der Waals surface area (Å²) in [6.45, 7) is 0.541. The van der Waals surface area contributed by atoms with Crippen LogP contribution in [-0.4, -0.2) is 17.4 Å². The first-order chi connectivity index (χ1) is 8.75. The van der Waals surface area contributed by atoms with Gasteiger partial charge in [0, 0.05) is 24.9 Å². The van der Waals surface area contributed by atoms with Crippen molar-refractivity contribution in [3.8, 4) is 0 Å². The largest absolute Gasteiger partial charge is 0.357 e. The lowest BCUT2D eigenvalue weighted by molar-refractivity contribution is 0.0949. The molecule has 0 saturated carbocycles. The SMILES string of the molecule is O=C(NCCc1ccccc1)c1cc(=O)cc[nH]1. The Kier molecular flexibility index (Phi) is 3.91. The number of aromatic nitrogens is 1. The topological polar surface area (TPSA) is 62.0 Å². The molecule has 1 amide bonds. The maximum absolute atomic E-state index is 11.7. The Bertz CT molecular complexity index is 576. The van der Waals surface area contributed by atoms with Crippen molar-refractivity contribution in [3.63, 3.8) is 0 Å². The number of nitrogens with one attached hydrogen (secondary N) is 2. The molecule has 0 aliphatic heterocycles. The average molecular weight is 242 g/mol. The minimum Gasteiger partial charge on any atom is -0.357 e. The van der Waals surface area contributed by atoms with Crippen LogP contribution in [0, 0.1) is 0 Å². The van der Waals surface area contributed by atoms with E-state index in [1.807, 2.05) is 30.3 Å². The molecule has 18 heavy (non-hydrogen) atoms. The van der Waals surface area contributed by atoms with E-state index in [4.69, 9.17) is 0 Å². The molecule has 0 atom stereocenters. The molecule has 0 spiro atoms. The van der Waals surface area contributed by atoms with Crippen molar-refractivity contribution in [3.05, 3.63) is 70.1 Å². The fourth-order valence-electron chi connectivity index (χ4n) is 1.64. The van der Waals surface area contributed by atoms with Gasteiger partial charge in [-0.05, 0) is 12.0 Å². The lowest BCUT2D eigenvalue weighted by Gasteiger charge is -2.04. The molecule has 0 saturated heterocycles. The summed E-state index contributed by atoms with van der Waals surface area (Å²) in [5, 5.41) is 2.77. The zero-order valence-electron chi connectivity index (χ0n) is 9.85. The second-order valence-corrected chi connectivity index (χ2v) is 3.93. The fraction of sp³-hybridized carbons (Fsp3) is 0.143. The standard InChI is InChI=1S/C14H14N2O2/c17-12-7-9-15-13(10-12)14(18)16-8-6-11-4-2-1-3-5-11/h1-5,7,9-10H,6,8H2,(H,15,17)(H,16,18). The highest BCUT2D eigenvalue weighted by atomic mass is 16.2. The van der Waals surface area contributed by atoms with E-state index in [1.54, 1.807) is 0 Å². The van der Waals surface area contributed by atoms with Gasteiger partial charge in [-0.3, -0.25) is 9.59 Å². The number of aromatic amines is 1. The van der Waals surface area contributed by atoms with Crippen LogP contribution in [0.2, 0.25) is 0 Å². The van der Waals surface area contributed by atoms with Crippen molar-refractivity contribution < 1.29 is 4.79 Å². The summed E-state index contributed by atoms with van der Waals surface area (Å²) in [5.74, 6) is -0.261. The predicted octanol–water partition coefficient (Wildman–Crippen LogP) is 1.35. The van der Waals surface area contributed by atoms with Crippen LogP contribution < -0.4 is 10.7 Å². The molecule has 0 radical (unpaired) electrons. The number of hydrogen-bond donors (Lipinski definition) is 2. The van der Waals surface area contributed by atoms with E-state index in [0.29, 0.717) is 6.54 Å². The Labute approximate surface area is 105 Å². The minimum absolute atomic E-state index is 0.179. The third-order valence-corrected chi connectivity index (χ3v) is 2.56. The monoisotopic (exact) mass is 242 g/mol. The summed E-state index contributed by atoms with van der Waals surface area (Å²) in [6, 6.07) is 12.6. The Morgan fingerprint density at radius 2 is 1.94 bits per heavy atom. The van der Waals surface area contributed by atoms with Gasteiger partial charge in [-0.1, -0.05) is 30.3 Å². The number of benzene rings is 1. The minimum atomic E-state index is -0.261. The molecule has 1 heterocycles. The van der Waals surface area contributed by atoms with Gasteiger partial charge in [-0.2, -0.15) is 0 Å². The Balaban J connectivity index is 1.87. The molecule has 92 valence electrons. The van der Waals surface area contributed by atoms with E-state index in [0.717, 1.165) is 6.42 Å². The molecule has 0 fully saturated rings. The van der Waals surface area contributed by atoms with Gasteiger partial charge in [-0.15, -0.1) is 0 Å². The summed E-state index contributed by atoms with van der Waals surface area (Å²) >= 11 is 0. The highest BCUT2D eigenvalue weighted by Gasteiger charge is 2.05. The number of carbonyl (C=O) groups is 1. The van der Waals surface area contributed by atoms with Gasteiger partial charge in [-0.25, -0.2) is 0 Å². The van der Waals surface area contributed by atoms with Gasteiger partial charge in [0.1, 0.15) is 5.69 Å². The number of hydrogen-bond acceptors (Lipinski definition) is 2. The van der Waals surface area contributed by atoms with Gasteiger partial charge < -0.3 is 10.3 Å². The maximum Gasteiger partial charge on any atom is 0.267 e. The summed E-state index contributed by atoms with van der Waals surface area (Å²) < 4.78 is 0. The van der Waals surface area contributed by atoms with E-state index in [1.165, 1.54) is 23.9 Å². The molecule has 2 N–H and O–H groups in total. The normalized spacial score (nSPS) is 10.0. The first kappa shape index (κ1) is 12.1. The van der Waals surface area contributed by atoms with Gasteiger partial charge in [0.25, 0.3) is 5.91 Å². The highest BCUT2D eigenvalue weighted by molar-refractivity contribution is 5.92. The smallest absolute Gasteiger partial charge is 0.267 e. The third kappa shape index (κ3) is 3.31. The Hall–Kier alpha value is -2.36. The average Bonchev–Trinajstić information content (AvgIpc) is 2.40. The molecule has 1 aromatic heterocycles. The van der Waals surface area contributed by atoms with Crippen LogP contribution in [0.15, 0.2) is 53.5 Å². The zero-order chi connectivity index (χ0) is 12.8. The predicted molar refractivity (Wildman–Crippen MR) is 69.5 cm³/mol. The number of H-pyrrole nitrogens is 1. The number of pyridine rings is 1. The summed E-state index contributed by atoms with van der Waals surface area (Å²) in [4.78, 5) is 25.5. The lowest BCUT2D eigenvalue weighted by atomic mass is 10.1. The van der Waals surface area contributed by atoms with Crippen LogP contribution in [0.5, 0.6) is 0 Å². The first-order valence-corrected chi connectivity index (χ1v) is 5.76. The second-order valence-electron chi connectivity index (χ2n) is 3.93. The zero-order valence-corrected chi connectivity index (χ0v) is 9.85. The molecule has 0 aliphatic carbocycles. The van der Waals surface area contributed by atoms with Gasteiger partial charge >= 0.3 is 0 Å². The number of amides is 1. The Morgan fingerprint density at radius 3 is 2.67 bits per heavy atom. The van der Waals surface area contributed by atoms with Crippen molar-refractivity contribution in [2.24, 2.45) is 0 Å². The van der Waals surface area contributed by atoms with Crippen LogP contribution in [0.25, 0.3) is 0 Å². The van der Waals surface area contributed by atoms with Crippen molar-refractivity contribution in [2.45, 2.75) is 6.42 Å². The highest BCUT2D eigenvalue weighted by Crippen LogP contribution is 1.98. The molecule has 1 aromatic carbocycles. The maximum atomic E-state index is 11.7. The molecular weight excluding hydrogens is 228 g/mol. The van der Waals surface area contributed by atoms with Crippen LogP contribution in [0.3, 0.4) is 0 Å². The molecular formula is C14H14N2O2. The van der Waals surface area contributed by atoms with E-state index in [-0.39, 0.29) is 17.0 Å². The molecule has 0 aliphatic rings. The van der Waals surface area contributed by atoms with E-state index < -0.39 is 0 Å². The number of rotatable bonds is 4. The fourth-order valence-corrected chi connectivity index (χ4v) is 1.64.